The predicted molar refractivity (Wildman–Crippen MR) is 91.3 cm³/mol. The van der Waals surface area contributed by atoms with E-state index in [0.29, 0.717) is 26.7 Å². The first-order valence-corrected chi connectivity index (χ1v) is 8.37. The van der Waals surface area contributed by atoms with Gasteiger partial charge in [0.2, 0.25) is 5.89 Å². The number of nitrogens with zero attached hydrogens (tertiary/aromatic N) is 2. The van der Waals surface area contributed by atoms with Gasteiger partial charge in [-0.2, -0.15) is 0 Å². The van der Waals surface area contributed by atoms with Crippen molar-refractivity contribution in [2.24, 2.45) is 0 Å². The van der Waals surface area contributed by atoms with Gasteiger partial charge in [0.15, 0.2) is 5.78 Å². The topological polar surface area (TPSA) is 56.0 Å². The third-order valence-corrected chi connectivity index (χ3v) is 4.35. The molecule has 0 radical (unpaired) electrons. The first kappa shape index (κ1) is 16.1. The summed E-state index contributed by atoms with van der Waals surface area (Å²) in [6.45, 7) is 0. The van der Waals surface area contributed by atoms with Gasteiger partial charge in [-0.25, -0.2) is 0 Å². The molecule has 0 aliphatic rings. The zero-order chi connectivity index (χ0) is 16.2. The van der Waals surface area contributed by atoms with E-state index in [1.54, 1.807) is 18.2 Å². The number of aromatic nitrogens is 2. The summed E-state index contributed by atoms with van der Waals surface area (Å²) in [6.07, 6.45) is 0. The maximum Gasteiger partial charge on any atom is 0.277 e. The fraction of sp³-hybridized carbons (Fsp3) is 0.0625. The molecule has 7 heteroatoms. The van der Waals surface area contributed by atoms with Crippen LogP contribution >= 0.6 is 35.0 Å². The Hall–Kier alpha value is -1.82. The molecule has 1 aromatic heterocycles. The number of hydrogen-bond acceptors (Lipinski definition) is 5. The fourth-order valence-corrected chi connectivity index (χ4v) is 3.05. The average Bonchev–Trinajstić information content (AvgIpc) is 3.02. The second-order valence-electron chi connectivity index (χ2n) is 4.58. The lowest BCUT2D eigenvalue weighted by Gasteiger charge is -2.02. The van der Waals surface area contributed by atoms with Crippen LogP contribution in [0.15, 0.2) is 58.2 Å². The van der Waals surface area contributed by atoms with Gasteiger partial charge in [-0.05, 0) is 30.3 Å². The second-order valence-corrected chi connectivity index (χ2v) is 6.35. The van der Waals surface area contributed by atoms with Crippen molar-refractivity contribution in [3.63, 3.8) is 0 Å². The third kappa shape index (κ3) is 3.93. The van der Waals surface area contributed by atoms with E-state index in [4.69, 9.17) is 27.6 Å². The third-order valence-electron chi connectivity index (χ3n) is 2.99. The Bertz CT molecular complexity index is 837. The van der Waals surface area contributed by atoms with Crippen LogP contribution in [-0.2, 0) is 0 Å². The molecule has 0 spiro atoms. The van der Waals surface area contributed by atoms with Crippen LogP contribution in [0.25, 0.3) is 11.5 Å². The van der Waals surface area contributed by atoms with Crippen molar-refractivity contribution in [2.75, 3.05) is 5.75 Å². The van der Waals surface area contributed by atoms with Crippen molar-refractivity contribution in [1.82, 2.24) is 10.2 Å². The van der Waals surface area contributed by atoms with Crippen molar-refractivity contribution in [2.45, 2.75) is 5.22 Å². The summed E-state index contributed by atoms with van der Waals surface area (Å²) in [4.78, 5) is 12.2. The number of carbonyl (C=O) groups is 1. The standard InChI is InChI=1S/C16H10Cl2N2O2S/c17-11-6-7-12(13(18)8-11)14(21)9-23-16-20-19-15(22-16)10-4-2-1-3-5-10/h1-8H,9H2. The van der Waals surface area contributed by atoms with Crippen molar-refractivity contribution < 1.29 is 9.21 Å². The van der Waals surface area contributed by atoms with Crippen LogP contribution in [-0.4, -0.2) is 21.7 Å². The molecular formula is C16H10Cl2N2O2S. The Balaban J connectivity index is 1.67. The van der Waals surface area contributed by atoms with E-state index in [1.807, 2.05) is 30.3 Å². The highest BCUT2D eigenvalue weighted by Crippen LogP contribution is 2.26. The van der Waals surface area contributed by atoms with Gasteiger partial charge in [-0.3, -0.25) is 4.79 Å². The Morgan fingerprint density at radius 2 is 1.87 bits per heavy atom. The Morgan fingerprint density at radius 3 is 2.61 bits per heavy atom. The van der Waals surface area contributed by atoms with Gasteiger partial charge in [-0.15, -0.1) is 10.2 Å². The minimum atomic E-state index is -0.129. The molecule has 0 saturated heterocycles. The summed E-state index contributed by atoms with van der Waals surface area (Å²) in [5.41, 5.74) is 1.25. The number of hydrogen-bond donors (Lipinski definition) is 0. The average molecular weight is 365 g/mol. The molecule has 116 valence electrons. The largest absolute Gasteiger partial charge is 0.411 e. The molecule has 0 aliphatic heterocycles. The van der Waals surface area contributed by atoms with Crippen LogP contribution < -0.4 is 0 Å². The molecule has 0 bridgehead atoms. The molecular weight excluding hydrogens is 355 g/mol. The maximum absolute atomic E-state index is 12.2. The molecule has 2 aromatic carbocycles. The van der Waals surface area contributed by atoms with E-state index in [-0.39, 0.29) is 11.5 Å². The SMILES string of the molecule is O=C(CSc1nnc(-c2ccccc2)o1)c1ccc(Cl)cc1Cl. The second kappa shape index (κ2) is 7.17. The lowest BCUT2D eigenvalue weighted by Crippen LogP contribution is -2.03. The molecule has 0 fully saturated rings. The molecule has 0 atom stereocenters. The molecule has 1 heterocycles. The summed E-state index contributed by atoms with van der Waals surface area (Å²) in [7, 11) is 0. The van der Waals surface area contributed by atoms with Crippen molar-refractivity contribution in [1.29, 1.82) is 0 Å². The maximum atomic E-state index is 12.2. The highest BCUT2D eigenvalue weighted by atomic mass is 35.5. The Kier molecular flexibility index (Phi) is 5.00. The number of carbonyl (C=O) groups excluding carboxylic acids is 1. The van der Waals surface area contributed by atoms with Gasteiger partial charge >= 0.3 is 0 Å². The van der Waals surface area contributed by atoms with Gasteiger partial charge in [0.25, 0.3) is 5.22 Å². The van der Waals surface area contributed by atoms with Gasteiger partial charge in [-0.1, -0.05) is 53.2 Å². The Morgan fingerprint density at radius 1 is 1.09 bits per heavy atom. The molecule has 0 aliphatic carbocycles. The molecule has 3 aromatic rings. The summed E-state index contributed by atoms with van der Waals surface area (Å²) in [5.74, 6) is 0.443. The van der Waals surface area contributed by atoms with Crippen molar-refractivity contribution in [3.8, 4) is 11.5 Å². The zero-order valence-electron chi connectivity index (χ0n) is 11.7. The van der Waals surface area contributed by atoms with E-state index in [2.05, 4.69) is 10.2 Å². The molecule has 0 saturated carbocycles. The van der Waals surface area contributed by atoms with Crippen LogP contribution in [0.1, 0.15) is 10.4 Å². The van der Waals surface area contributed by atoms with Gasteiger partial charge in [0.1, 0.15) is 0 Å². The van der Waals surface area contributed by atoms with E-state index in [0.717, 1.165) is 5.56 Å². The highest BCUT2D eigenvalue weighted by molar-refractivity contribution is 7.99. The molecule has 0 N–H and O–H groups in total. The Labute approximate surface area is 146 Å². The fourth-order valence-electron chi connectivity index (χ4n) is 1.89. The molecule has 0 amide bonds. The van der Waals surface area contributed by atoms with Crippen molar-refractivity contribution in [3.05, 3.63) is 64.1 Å². The minimum Gasteiger partial charge on any atom is -0.411 e. The number of rotatable bonds is 5. The zero-order valence-corrected chi connectivity index (χ0v) is 14.0. The van der Waals surface area contributed by atoms with E-state index in [1.165, 1.54) is 11.8 Å². The highest BCUT2D eigenvalue weighted by Gasteiger charge is 2.14. The first-order chi connectivity index (χ1) is 11.1. The number of benzene rings is 2. The van der Waals surface area contributed by atoms with Crippen LogP contribution in [0.2, 0.25) is 10.0 Å². The lowest BCUT2D eigenvalue weighted by molar-refractivity contribution is 0.102. The summed E-state index contributed by atoms with van der Waals surface area (Å²) in [5, 5.41) is 9.07. The number of Topliss-reactive ketones (excluding diaryl/α,β-unsaturated/α-hetero) is 1. The van der Waals surface area contributed by atoms with Crippen molar-refractivity contribution >= 4 is 40.7 Å². The lowest BCUT2D eigenvalue weighted by atomic mass is 10.1. The number of ketones is 1. The van der Waals surface area contributed by atoms with E-state index >= 15 is 0 Å². The van der Waals surface area contributed by atoms with Crippen LogP contribution in [0.4, 0.5) is 0 Å². The van der Waals surface area contributed by atoms with Crippen LogP contribution in [0, 0.1) is 0 Å². The summed E-state index contributed by atoms with van der Waals surface area (Å²) < 4.78 is 5.54. The van der Waals surface area contributed by atoms with E-state index in [9.17, 15) is 4.79 Å². The molecule has 4 nitrogen and oxygen atoms in total. The quantitative estimate of drug-likeness (QED) is 0.469. The van der Waals surface area contributed by atoms with Gasteiger partial charge in [0, 0.05) is 16.1 Å². The van der Waals surface area contributed by atoms with Crippen LogP contribution in [0.5, 0.6) is 0 Å². The van der Waals surface area contributed by atoms with E-state index < -0.39 is 0 Å². The first-order valence-electron chi connectivity index (χ1n) is 6.63. The smallest absolute Gasteiger partial charge is 0.277 e. The minimum absolute atomic E-state index is 0.129. The normalized spacial score (nSPS) is 10.7. The number of halogens is 2. The monoisotopic (exact) mass is 364 g/mol. The van der Waals surface area contributed by atoms with Crippen LogP contribution in [0.3, 0.4) is 0 Å². The van der Waals surface area contributed by atoms with Gasteiger partial charge in [0.05, 0.1) is 10.8 Å². The molecule has 23 heavy (non-hydrogen) atoms. The summed E-state index contributed by atoms with van der Waals surface area (Å²) >= 11 is 13.0. The molecule has 3 rings (SSSR count). The van der Waals surface area contributed by atoms with Gasteiger partial charge < -0.3 is 4.42 Å². The summed E-state index contributed by atoms with van der Waals surface area (Å²) in [6, 6.07) is 14.2. The number of thioether (sulfide) groups is 1. The molecule has 0 unspecified atom stereocenters. The predicted octanol–water partition coefficient (Wildman–Crippen LogP) is 5.02.